The molecule has 25 heavy (non-hydrogen) atoms. The average Bonchev–Trinajstić information content (AvgIpc) is 2.68. The molecule has 0 atom stereocenters. The van der Waals surface area contributed by atoms with E-state index in [0.717, 1.165) is 22.4 Å². The van der Waals surface area contributed by atoms with Crippen molar-refractivity contribution in [2.45, 2.75) is 6.92 Å². The lowest BCUT2D eigenvalue weighted by atomic mass is 10.1. The molecule has 0 saturated heterocycles. The Bertz CT molecular complexity index is 859. The summed E-state index contributed by atoms with van der Waals surface area (Å²) in [7, 11) is 1.64. The predicted octanol–water partition coefficient (Wildman–Crippen LogP) is 4.00. The van der Waals surface area contributed by atoms with Crippen molar-refractivity contribution in [1.82, 2.24) is 9.97 Å². The van der Waals surface area contributed by atoms with E-state index in [1.807, 2.05) is 36.4 Å². The maximum absolute atomic E-state index is 11.7. The van der Waals surface area contributed by atoms with Gasteiger partial charge in [-0.1, -0.05) is 30.3 Å². The predicted molar refractivity (Wildman–Crippen MR) is 95.4 cm³/mol. The summed E-state index contributed by atoms with van der Waals surface area (Å²) in [6.07, 6.45) is 3.53. The summed E-state index contributed by atoms with van der Waals surface area (Å²) in [6, 6.07) is 14.8. The van der Waals surface area contributed by atoms with Gasteiger partial charge < -0.3 is 9.47 Å². The number of benzene rings is 2. The highest BCUT2D eigenvalue weighted by molar-refractivity contribution is 5.89. The summed E-state index contributed by atoms with van der Waals surface area (Å²) in [4.78, 5) is 20.5. The van der Waals surface area contributed by atoms with Crippen LogP contribution in [0.3, 0.4) is 0 Å². The van der Waals surface area contributed by atoms with Crippen LogP contribution in [0.5, 0.6) is 5.75 Å². The van der Waals surface area contributed by atoms with Crippen molar-refractivity contribution in [3.63, 3.8) is 0 Å². The smallest absolute Gasteiger partial charge is 0.338 e. The summed E-state index contributed by atoms with van der Waals surface area (Å²) in [5.74, 6) is 1.04. The number of esters is 1. The molecule has 0 aliphatic heterocycles. The number of methoxy groups -OCH3 is 1. The first-order chi connectivity index (χ1) is 12.2. The Morgan fingerprint density at radius 1 is 0.960 bits per heavy atom. The quantitative estimate of drug-likeness (QED) is 0.660. The molecule has 3 rings (SSSR count). The van der Waals surface area contributed by atoms with E-state index >= 15 is 0 Å². The van der Waals surface area contributed by atoms with Gasteiger partial charge in [0.1, 0.15) is 5.75 Å². The minimum Gasteiger partial charge on any atom is -0.496 e. The molecule has 0 radical (unpaired) electrons. The van der Waals surface area contributed by atoms with Crippen molar-refractivity contribution in [2.75, 3.05) is 13.7 Å². The lowest BCUT2D eigenvalue weighted by Crippen LogP contribution is -2.04. The first kappa shape index (κ1) is 16.6. The van der Waals surface area contributed by atoms with Crippen LogP contribution in [0.1, 0.15) is 17.3 Å². The second-order valence-electron chi connectivity index (χ2n) is 5.29. The van der Waals surface area contributed by atoms with E-state index in [1.165, 1.54) is 0 Å². The van der Waals surface area contributed by atoms with Crippen molar-refractivity contribution in [3.8, 4) is 28.3 Å². The van der Waals surface area contributed by atoms with Gasteiger partial charge in [-0.3, -0.25) is 0 Å². The van der Waals surface area contributed by atoms with Crippen LogP contribution in [0.15, 0.2) is 60.9 Å². The van der Waals surface area contributed by atoms with Crippen LogP contribution in [0.4, 0.5) is 0 Å². The van der Waals surface area contributed by atoms with E-state index in [2.05, 4.69) is 9.97 Å². The van der Waals surface area contributed by atoms with Crippen LogP contribution in [-0.2, 0) is 4.74 Å². The second kappa shape index (κ2) is 7.57. The normalized spacial score (nSPS) is 10.3. The van der Waals surface area contributed by atoms with Crippen LogP contribution >= 0.6 is 0 Å². The lowest BCUT2D eigenvalue weighted by molar-refractivity contribution is 0.0526. The summed E-state index contributed by atoms with van der Waals surface area (Å²) >= 11 is 0. The first-order valence-electron chi connectivity index (χ1n) is 7.96. The van der Waals surface area contributed by atoms with Gasteiger partial charge in [0.25, 0.3) is 0 Å². The van der Waals surface area contributed by atoms with Gasteiger partial charge in [-0.05, 0) is 25.1 Å². The van der Waals surface area contributed by atoms with E-state index in [-0.39, 0.29) is 5.97 Å². The van der Waals surface area contributed by atoms with Crippen LogP contribution in [0.2, 0.25) is 0 Å². The molecule has 0 aliphatic rings. The molecule has 3 aromatic rings. The molecule has 126 valence electrons. The van der Waals surface area contributed by atoms with Crippen molar-refractivity contribution in [3.05, 3.63) is 66.5 Å². The van der Waals surface area contributed by atoms with Gasteiger partial charge in [-0.2, -0.15) is 0 Å². The Hall–Kier alpha value is -3.21. The zero-order valence-corrected chi connectivity index (χ0v) is 14.1. The van der Waals surface area contributed by atoms with Crippen molar-refractivity contribution < 1.29 is 14.3 Å². The fourth-order valence-corrected chi connectivity index (χ4v) is 2.47. The van der Waals surface area contributed by atoms with Gasteiger partial charge in [0, 0.05) is 29.1 Å². The first-order valence-corrected chi connectivity index (χ1v) is 7.96. The van der Waals surface area contributed by atoms with Crippen molar-refractivity contribution >= 4 is 5.97 Å². The van der Waals surface area contributed by atoms with Crippen LogP contribution < -0.4 is 4.74 Å². The molecule has 0 aliphatic carbocycles. The lowest BCUT2D eigenvalue weighted by Gasteiger charge is -2.08. The third-order valence-corrected chi connectivity index (χ3v) is 3.72. The van der Waals surface area contributed by atoms with Crippen molar-refractivity contribution in [1.29, 1.82) is 0 Å². The SMILES string of the molecule is CCOC(=O)c1ccc(-c2ncc(-c3ccccc3OC)cn2)cc1. The second-order valence-corrected chi connectivity index (χ2v) is 5.29. The molecule has 2 aromatic carbocycles. The van der Waals surface area contributed by atoms with Crippen molar-refractivity contribution in [2.24, 2.45) is 0 Å². The van der Waals surface area contributed by atoms with Gasteiger partial charge in [-0.25, -0.2) is 14.8 Å². The van der Waals surface area contributed by atoms with E-state index in [4.69, 9.17) is 9.47 Å². The molecule has 0 spiro atoms. The average molecular weight is 334 g/mol. The van der Waals surface area contributed by atoms with Crippen LogP contribution in [0.25, 0.3) is 22.5 Å². The molecular formula is C20H18N2O3. The summed E-state index contributed by atoms with van der Waals surface area (Å²) < 4.78 is 10.3. The molecule has 0 N–H and O–H groups in total. The maximum Gasteiger partial charge on any atom is 0.338 e. The molecule has 1 heterocycles. The maximum atomic E-state index is 11.7. The Kier molecular flexibility index (Phi) is 5.04. The third-order valence-electron chi connectivity index (χ3n) is 3.72. The highest BCUT2D eigenvalue weighted by atomic mass is 16.5. The van der Waals surface area contributed by atoms with Gasteiger partial charge in [0.15, 0.2) is 5.82 Å². The van der Waals surface area contributed by atoms with Gasteiger partial charge in [0.05, 0.1) is 19.3 Å². The number of hydrogen-bond donors (Lipinski definition) is 0. The molecule has 0 bridgehead atoms. The molecule has 5 heteroatoms. The number of aromatic nitrogens is 2. The van der Waals surface area contributed by atoms with Gasteiger partial charge >= 0.3 is 5.97 Å². The molecule has 0 amide bonds. The Morgan fingerprint density at radius 3 is 2.28 bits per heavy atom. The number of carbonyl (C=O) groups excluding carboxylic acids is 1. The Labute approximate surface area is 146 Å². The highest BCUT2D eigenvalue weighted by Crippen LogP contribution is 2.29. The fraction of sp³-hybridized carbons (Fsp3) is 0.150. The minimum atomic E-state index is -0.332. The van der Waals surface area contributed by atoms with E-state index < -0.39 is 0 Å². The molecule has 0 unspecified atom stereocenters. The highest BCUT2D eigenvalue weighted by Gasteiger charge is 2.09. The number of hydrogen-bond acceptors (Lipinski definition) is 5. The molecule has 1 aromatic heterocycles. The topological polar surface area (TPSA) is 61.3 Å². The molecule has 0 fully saturated rings. The third kappa shape index (κ3) is 3.66. The zero-order valence-electron chi connectivity index (χ0n) is 14.1. The van der Waals surface area contributed by atoms with E-state index in [1.54, 1.807) is 38.6 Å². The standard InChI is InChI=1S/C20H18N2O3/c1-3-25-20(23)15-10-8-14(9-11-15)19-21-12-16(13-22-19)17-6-4-5-7-18(17)24-2/h4-13H,3H2,1-2H3. The monoisotopic (exact) mass is 334 g/mol. The number of carbonyl (C=O) groups is 1. The minimum absolute atomic E-state index is 0.332. The summed E-state index contributed by atoms with van der Waals surface area (Å²) in [5.41, 5.74) is 3.16. The van der Waals surface area contributed by atoms with E-state index in [9.17, 15) is 4.79 Å². The Balaban J connectivity index is 1.84. The molecule has 0 saturated carbocycles. The van der Waals surface area contributed by atoms with Crippen LogP contribution in [0, 0.1) is 0 Å². The zero-order chi connectivity index (χ0) is 17.6. The number of rotatable bonds is 5. The van der Waals surface area contributed by atoms with E-state index in [0.29, 0.717) is 18.0 Å². The molecular weight excluding hydrogens is 316 g/mol. The number of nitrogens with zero attached hydrogens (tertiary/aromatic N) is 2. The van der Waals surface area contributed by atoms with Gasteiger partial charge in [0.2, 0.25) is 0 Å². The number of ether oxygens (including phenoxy) is 2. The Morgan fingerprint density at radius 2 is 1.64 bits per heavy atom. The van der Waals surface area contributed by atoms with Crippen LogP contribution in [-0.4, -0.2) is 29.7 Å². The summed E-state index contributed by atoms with van der Waals surface area (Å²) in [5, 5.41) is 0. The number of para-hydroxylation sites is 1. The summed E-state index contributed by atoms with van der Waals surface area (Å²) in [6.45, 7) is 2.14. The largest absolute Gasteiger partial charge is 0.496 e. The van der Waals surface area contributed by atoms with Gasteiger partial charge in [-0.15, -0.1) is 0 Å². The molecule has 5 nitrogen and oxygen atoms in total. The fourth-order valence-electron chi connectivity index (χ4n) is 2.47.